The molecule has 16 rings (SSSR count). The van der Waals surface area contributed by atoms with Crippen molar-refractivity contribution in [1.29, 1.82) is 0 Å². The number of ether oxygens (including phenoxy) is 3. The molecule has 31 heteroatoms. The van der Waals surface area contributed by atoms with Crippen molar-refractivity contribution in [3.63, 3.8) is 0 Å². The normalized spacial score (nSPS) is 13.8. The Labute approximate surface area is 689 Å². The van der Waals surface area contributed by atoms with Gasteiger partial charge >= 0.3 is 6.09 Å². The van der Waals surface area contributed by atoms with E-state index in [2.05, 4.69) is 110 Å². The second kappa shape index (κ2) is 36.0. The molecule has 0 saturated heterocycles. The number of H-pyrrole nitrogens is 2. The number of aliphatic hydroxyl groups excluding tert-OH is 2. The highest BCUT2D eigenvalue weighted by atomic mass is 32.1. The summed E-state index contributed by atoms with van der Waals surface area (Å²) in [6.07, 6.45) is 7.11. The van der Waals surface area contributed by atoms with Gasteiger partial charge in [0.2, 0.25) is 35.1 Å². The lowest BCUT2D eigenvalue weighted by Crippen LogP contribution is -2.29. The second-order valence-corrected chi connectivity index (χ2v) is 31.5. The van der Waals surface area contributed by atoms with Crippen molar-refractivity contribution in [1.82, 2.24) is 55.2 Å². The van der Waals surface area contributed by atoms with Gasteiger partial charge in [0.05, 0.1) is 88.8 Å². The van der Waals surface area contributed by atoms with Crippen LogP contribution in [-0.2, 0) is 52.1 Å². The number of carbonyl (C=O) groups excluding carboxylic acids is 2. The Balaban J connectivity index is 0.000000151. The predicted molar refractivity (Wildman–Crippen MR) is 468 cm³/mol. The number of carbonyl (C=O) groups is 2. The quantitative estimate of drug-likeness (QED) is 0.0206. The van der Waals surface area contributed by atoms with Crippen LogP contribution in [0.4, 0.5) is 50.8 Å². The molecule has 600 valence electrons. The van der Waals surface area contributed by atoms with Crippen LogP contribution in [0.25, 0.3) is 63.8 Å². The molecule has 29 nitrogen and oxygen atoms in total. The number of amides is 1. The SMILES string of the molecule is CN(CCO)c1ccc2c(c1)C(C)(C)C(C=O)=N2.NCc1ccc(COc2nc(N)nc3nc[nH]c23)cc1.[C-]#[N+]/C(=C\C1=Nc2ccc(N(C)CCO)cc2C1(C)C)c1nc2ccccc2s1.[C-]#[N+]/C(=C\C1=Nc2ccc(N(C)CCOC(=O)NCc3ccc(COc4nc(N)nc5nc[nH]c45)cc3)cc2C1(C)C)c1nc2ccccc2s1. The number of thiazole rings is 2. The fourth-order valence-electron chi connectivity index (χ4n) is 13.3. The maximum Gasteiger partial charge on any atom is 0.407 e. The van der Waals surface area contributed by atoms with Gasteiger partial charge in [-0.3, -0.25) is 14.8 Å². The number of nitrogens with two attached hydrogens (primary N) is 3. The number of hydrogen-bond acceptors (Lipinski definition) is 26. The van der Waals surface area contributed by atoms with Crippen LogP contribution in [0, 0.1) is 13.1 Å². The zero-order chi connectivity index (χ0) is 83.4. The van der Waals surface area contributed by atoms with Gasteiger partial charge in [0.15, 0.2) is 17.6 Å². The van der Waals surface area contributed by atoms with E-state index in [-0.39, 0.29) is 49.2 Å². The molecule has 0 atom stereocenters. The minimum atomic E-state index is -0.496. The molecule has 0 radical (unpaired) electrons. The number of anilines is 5. The largest absolute Gasteiger partial charge is 0.471 e. The number of hydrogen-bond donors (Lipinski definition) is 8. The van der Waals surface area contributed by atoms with Crippen LogP contribution < -0.4 is 46.7 Å². The molecule has 0 bridgehead atoms. The fraction of sp³-hybridized carbons (Fsp3) is 0.253. The second-order valence-electron chi connectivity index (χ2n) is 29.4. The number of para-hydroxylation sites is 2. The van der Waals surface area contributed by atoms with Crippen molar-refractivity contribution in [2.45, 2.75) is 84.1 Å². The Morgan fingerprint density at radius 3 is 1.34 bits per heavy atom. The highest BCUT2D eigenvalue weighted by molar-refractivity contribution is 7.20. The number of allylic oxidation sites excluding steroid dienone is 2. The van der Waals surface area contributed by atoms with Gasteiger partial charge < -0.3 is 71.6 Å². The Bertz CT molecular complexity index is 6060. The van der Waals surface area contributed by atoms with Gasteiger partial charge in [-0.2, -0.15) is 19.9 Å². The number of fused-ring (bicyclic) bond motifs is 7. The van der Waals surface area contributed by atoms with Crippen LogP contribution in [-0.4, -0.2) is 150 Å². The number of rotatable bonds is 24. The summed E-state index contributed by atoms with van der Waals surface area (Å²) in [7, 11) is 5.85. The van der Waals surface area contributed by atoms with Gasteiger partial charge in [-0.15, -0.1) is 22.7 Å². The van der Waals surface area contributed by atoms with Crippen molar-refractivity contribution in [2.24, 2.45) is 20.7 Å². The molecule has 6 aromatic heterocycles. The minimum Gasteiger partial charge on any atom is -0.471 e. The maximum atomic E-state index is 12.5. The lowest BCUT2D eigenvalue weighted by Gasteiger charge is -2.24. The summed E-state index contributed by atoms with van der Waals surface area (Å²) in [4.78, 5) is 90.8. The number of aromatic nitrogens is 10. The van der Waals surface area contributed by atoms with E-state index in [1.807, 2.05) is 201 Å². The van der Waals surface area contributed by atoms with E-state index >= 15 is 0 Å². The van der Waals surface area contributed by atoms with E-state index in [1.165, 1.54) is 35.3 Å². The van der Waals surface area contributed by atoms with Crippen molar-refractivity contribution in [3.05, 3.63) is 248 Å². The van der Waals surface area contributed by atoms with Crippen LogP contribution >= 0.6 is 22.7 Å². The molecule has 9 heterocycles. The average molecular weight is 1620 g/mol. The summed E-state index contributed by atoms with van der Waals surface area (Å²) < 4.78 is 19.1. The van der Waals surface area contributed by atoms with Gasteiger partial charge in [0.25, 0.3) is 0 Å². The molecule has 1 amide bonds. The minimum absolute atomic E-state index is 0.0873. The fourth-order valence-corrected chi connectivity index (χ4v) is 15.1. The topological polar surface area (TPSA) is 383 Å². The zero-order valence-electron chi connectivity index (χ0n) is 66.5. The molecule has 7 aromatic carbocycles. The first-order valence-electron chi connectivity index (χ1n) is 37.7. The number of imidazole rings is 2. The van der Waals surface area contributed by atoms with Gasteiger partial charge in [-0.05, 0) is 144 Å². The number of aliphatic hydroxyl groups is 2. The lowest BCUT2D eigenvalue weighted by molar-refractivity contribution is -0.103. The van der Waals surface area contributed by atoms with E-state index < -0.39 is 11.5 Å². The molecule has 0 unspecified atom stereocenters. The van der Waals surface area contributed by atoms with Crippen LogP contribution in [0.15, 0.2) is 191 Å². The van der Waals surface area contributed by atoms with Crippen LogP contribution in [0.2, 0.25) is 0 Å². The summed E-state index contributed by atoms with van der Waals surface area (Å²) in [5.74, 6) is 0.952. The lowest BCUT2D eigenvalue weighted by atomic mass is 9.81. The molecule has 0 fully saturated rings. The number of nitrogens with zero attached hydrogens (tertiary/aromatic N) is 16. The number of aldehydes is 1. The molecular weight excluding hydrogens is 1530 g/mol. The number of benzene rings is 7. The van der Waals surface area contributed by atoms with Gasteiger partial charge in [-0.1, -0.05) is 100 Å². The number of nitrogen functional groups attached to an aromatic ring is 2. The van der Waals surface area contributed by atoms with E-state index in [4.69, 9.17) is 59.6 Å². The Kier molecular flexibility index (Phi) is 25.1. The molecule has 0 spiro atoms. The maximum absolute atomic E-state index is 12.5. The van der Waals surface area contributed by atoms with Gasteiger partial charge in [-0.25, -0.2) is 39.4 Å². The summed E-state index contributed by atoms with van der Waals surface area (Å²) in [5, 5.41) is 22.4. The van der Waals surface area contributed by atoms with Gasteiger partial charge in [0, 0.05) is 92.1 Å². The molecule has 13 aromatic rings. The monoisotopic (exact) mass is 1620 g/mol. The van der Waals surface area contributed by atoms with E-state index in [9.17, 15) is 14.7 Å². The third-order valence-electron chi connectivity index (χ3n) is 20.4. The summed E-state index contributed by atoms with van der Waals surface area (Å²) in [5.41, 5.74) is 35.9. The number of aromatic amines is 2. The van der Waals surface area contributed by atoms with E-state index in [0.29, 0.717) is 95.5 Å². The van der Waals surface area contributed by atoms with Crippen LogP contribution in [0.1, 0.15) is 90.5 Å². The first-order chi connectivity index (χ1) is 56.9. The first-order valence-corrected chi connectivity index (χ1v) is 39.4. The first kappa shape index (κ1) is 82.3. The van der Waals surface area contributed by atoms with E-state index in [0.717, 1.165) is 116 Å². The van der Waals surface area contributed by atoms with Crippen molar-refractivity contribution >= 4 is 152 Å². The Hall–Kier alpha value is -13.7. The highest BCUT2D eigenvalue weighted by Gasteiger charge is 2.38. The number of likely N-dealkylation sites (N-methyl/N-ethyl adjacent to an activating group) is 3. The molecular formula is C87H88N22O7S2. The molecule has 0 aliphatic carbocycles. The number of aliphatic imine (C=N–C) groups is 3. The van der Waals surface area contributed by atoms with Gasteiger partial charge in [0.1, 0.15) is 40.9 Å². The van der Waals surface area contributed by atoms with Crippen molar-refractivity contribution < 1.29 is 34.0 Å². The number of nitrogens with one attached hydrogen (secondary N) is 3. The third-order valence-corrected chi connectivity index (χ3v) is 22.5. The van der Waals surface area contributed by atoms with Crippen molar-refractivity contribution in [3.8, 4) is 11.8 Å². The Morgan fingerprint density at radius 2 is 0.932 bits per heavy atom. The van der Waals surface area contributed by atoms with Crippen molar-refractivity contribution in [2.75, 3.05) is 86.8 Å². The predicted octanol–water partition coefficient (Wildman–Crippen LogP) is 14.5. The third kappa shape index (κ3) is 18.5. The summed E-state index contributed by atoms with van der Waals surface area (Å²) in [6.45, 7) is 31.6. The molecule has 118 heavy (non-hydrogen) atoms. The smallest absolute Gasteiger partial charge is 0.407 e. The standard InChI is InChI=1S/C37H34N10O3S.C23H22N4OS.C14H18N2O2.C13H14N6O/c1-37(2)25-17-24(13-14-26(25)43-30(37)18-28(39-3)34-44-27-7-5-6-8-29(27)51-34)47(4)15-16-49-36(48)40-19-22-9-11-23(12-10-22)20-50-33-31-32(42-21-41-31)45-35(38)46-33;1-23(2)16-13-15(27(4)11-12-28)9-10-17(16)25-21(23)14-19(24-3)22-26-18-7-5-6-8-20(18)29-22;1-14(2)11-8-10(16(3)6-7-17)4-5-12(11)15-13(14)9-18;14-5-8-1-3-9(4-2-8)6-20-12-10-11(17-7-16-10)18-13(15)19-12/h5-14,17-18,21H,15-16,19-20H2,1-2,4H3,(H,40,48)(H3,38,41,42,45,46);5-10,13-14,28H,11-12H2,1-2,4H3;4-5,8-9,17H,6-7H2,1-3H3;1-4,7H,5-6,14H2,(H3,15,16,17,18,19)/b28-18-;19-14-;;. The Morgan fingerprint density at radius 1 is 0.534 bits per heavy atom. The van der Waals surface area contributed by atoms with Crippen LogP contribution in [0.5, 0.6) is 11.8 Å². The number of alkyl carbamates (subject to hydrolysis) is 1. The summed E-state index contributed by atoms with van der Waals surface area (Å²) in [6, 6.07) is 49.6. The molecule has 3 aliphatic heterocycles. The van der Waals surface area contributed by atoms with Crippen LogP contribution in [0.3, 0.4) is 0 Å². The molecule has 0 saturated carbocycles. The summed E-state index contributed by atoms with van der Waals surface area (Å²) >= 11 is 3.04. The molecule has 11 N–H and O–H groups in total. The average Bonchev–Trinajstić information content (AvgIpc) is 1.61. The molecule has 3 aliphatic rings. The van der Waals surface area contributed by atoms with E-state index in [1.54, 1.807) is 0 Å². The highest BCUT2D eigenvalue weighted by Crippen LogP contribution is 2.46. The zero-order valence-corrected chi connectivity index (χ0v) is 68.2.